The SMILES string of the molecule is NNC(=O)CSc1nnc(-c2ccco2)n1-c1ccccc1. The number of nitrogens with zero attached hydrogens (tertiary/aromatic N) is 3. The number of furan rings is 1. The first-order valence-electron chi connectivity index (χ1n) is 6.46. The van der Waals surface area contributed by atoms with Crippen LogP contribution >= 0.6 is 11.8 Å². The van der Waals surface area contributed by atoms with E-state index in [1.807, 2.05) is 41.0 Å². The highest BCUT2D eigenvalue weighted by Crippen LogP contribution is 2.27. The monoisotopic (exact) mass is 315 g/mol. The molecule has 8 heteroatoms. The molecule has 7 nitrogen and oxygen atoms in total. The second-order valence-electron chi connectivity index (χ2n) is 4.31. The number of benzene rings is 1. The summed E-state index contributed by atoms with van der Waals surface area (Å²) in [7, 11) is 0. The zero-order chi connectivity index (χ0) is 15.4. The molecule has 0 saturated carbocycles. The van der Waals surface area contributed by atoms with Gasteiger partial charge in [0.15, 0.2) is 10.9 Å². The highest BCUT2D eigenvalue weighted by molar-refractivity contribution is 7.99. The van der Waals surface area contributed by atoms with Gasteiger partial charge in [0, 0.05) is 5.69 Å². The second kappa shape index (κ2) is 6.46. The number of carbonyl (C=O) groups excluding carboxylic acids is 1. The van der Waals surface area contributed by atoms with Gasteiger partial charge in [0.1, 0.15) is 0 Å². The lowest BCUT2D eigenvalue weighted by Gasteiger charge is -2.08. The smallest absolute Gasteiger partial charge is 0.244 e. The summed E-state index contributed by atoms with van der Waals surface area (Å²) in [5.74, 6) is 6.14. The molecular weight excluding hydrogens is 302 g/mol. The average Bonchev–Trinajstić information content (AvgIpc) is 3.22. The number of hydrogen-bond donors (Lipinski definition) is 2. The predicted molar refractivity (Wildman–Crippen MR) is 82.1 cm³/mol. The van der Waals surface area contributed by atoms with Crippen molar-refractivity contribution in [1.29, 1.82) is 0 Å². The van der Waals surface area contributed by atoms with E-state index in [0.717, 1.165) is 5.69 Å². The normalized spacial score (nSPS) is 10.6. The van der Waals surface area contributed by atoms with Crippen molar-refractivity contribution in [3.05, 3.63) is 48.7 Å². The zero-order valence-electron chi connectivity index (χ0n) is 11.5. The first-order valence-corrected chi connectivity index (χ1v) is 7.45. The Labute approximate surface area is 130 Å². The van der Waals surface area contributed by atoms with Crippen LogP contribution in [0.5, 0.6) is 0 Å². The van der Waals surface area contributed by atoms with Crippen molar-refractivity contribution in [2.24, 2.45) is 5.84 Å². The van der Waals surface area contributed by atoms with Crippen molar-refractivity contribution in [2.45, 2.75) is 5.16 Å². The number of aromatic nitrogens is 3. The number of hydrazine groups is 1. The van der Waals surface area contributed by atoms with Crippen LogP contribution in [0.15, 0.2) is 58.3 Å². The Balaban J connectivity index is 2.02. The molecule has 3 aromatic rings. The topological polar surface area (TPSA) is 99.0 Å². The van der Waals surface area contributed by atoms with Crippen LogP contribution in [0.25, 0.3) is 17.3 Å². The first kappa shape index (κ1) is 14.4. The van der Waals surface area contributed by atoms with Crippen LogP contribution in [0.1, 0.15) is 0 Å². The molecule has 112 valence electrons. The van der Waals surface area contributed by atoms with Gasteiger partial charge in [-0.3, -0.25) is 14.8 Å². The molecule has 0 bridgehead atoms. The number of thioether (sulfide) groups is 1. The summed E-state index contributed by atoms with van der Waals surface area (Å²) in [5, 5.41) is 8.91. The Morgan fingerprint density at radius 3 is 2.73 bits per heavy atom. The highest BCUT2D eigenvalue weighted by Gasteiger charge is 2.18. The van der Waals surface area contributed by atoms with Gasteiger partial charge in [-0.15, -0.1) is 10.2 Å². The molecule has 1 amide bonds. The van der Waals surface area contributed by atoms with Crippen molar-refractivity contribution >= 4 is 17.7 Å². The minimum atomic E-state index is -0.285. The fourth-order valence-corrected chi connectivity index (χ4v) is 2.67. The van der Waals surface area contributed by atoms with Gasteiger partial charge in [0.25, 0.3) is 0 Å². The molecule has 0 saturated heterocycles. The number of hydrogen-bond acceptors (Lipinski definition) is 6. The molecule has 3 rings (SSSR count). The van der Waals surface area contributed by atoms with E-state index in [9.17, 15) is 4.79 Å². The summed E-state index contributed by atoms with van der Waals surface area (Å²) >= 11 is 1.25. The fraction of sp³-hybridized carbons (Fsp3) is 0.0714. The largest absolute Gasteiger partial charge is 0.461 e. The van der Waals surface area contributed by atoms with Gasteiger partial charge in [0.05, 0.1) is 12.0 Å². The van der Waals surface area contributed by atoms with Crippen LogP contribution in [0.2, 0.25) is 0 Å². The minimum absolute atomic E-state index is 0.152. The van der Waals surface area contributed by atoms with Crippen molar-refractivity contribution in [2.75, 3.05) is 5.75 Å². The third-order valence-corrected chi connectivity index (χ3v) is 3.81. The van der Waals surface area contributed by atoms with Crippen LogP contribution in [0.4, 0.5) is 0 Å². The Bertz CT molecular complexity index is 755. The fourth-order valence-electron chi connectivity index (χ4n) is 1.91. The molecular formula is C14H13N5O2S. The molecule has 0 radical (unpaired) electrons. The predicted octanol–water partition coefficient (Wildman–Crippen LogP) is 1.61. The maximum absolute atomic E-state index is 11.3. The number of nitrogens with one attached hydrogen (secondary N) is 1. The van der Waals surface area contributed by atoms with E-state index >= 15 is 0 Å². The molecule has 22 heavy (non-hydrogen) atoms. The lowest BCUT2D eigenvalue weighted by atomic mass is 10.3. The van der Waals surface area contributed by atoms with Gasteiger partial charge in [-0.2, -0.15) is 0 Å². The molecule has 3 N–H and O–H groups in total. The van der Waals surface area contributed by atoms with E-state index in [1.54, 1.807) is 12.3 Å². The molecule has 2 aromatic heterocycles. The lowest BCUT2D eigenvalue weighted by molar-refractivity contribution is -0.118. The minimum Gasteiger partial charge on any atom is -0.461 e. The number of rotatable bonds is 5. The molecule has 2 heterocycles. The number of carbonyl (C=O) groups is 1. The van der Waals surface area contributed by atoms with Crippen molar-refractivity contribution in [1.82, 2.24) is 20.2 Å². The Kier molecular flexibility index (Phi) is 4.22. The van der Waals surface area contributed by atoms with Gasteiger partial charge in [0.2, 0.25) is 11.7 Å². The first-order chi connectivity index (χ1) is 10.8. The van der Waals surface area contributed by atoms with E-state index in [0.29, 0.717) is 16.7 Å². The maximum atomic E-state index is 11.3. The van der Waals surface area contributed by atoms with Crippen molar-refractivity contribution in [3.63, 3.8) is 0 Å². The van der Waals surface area contributed by atoms with Crippen LogP contribution in [-0.2, 0) is 4.79 Å². The molecule has 1 aromatic carbocycles. The zero-order valence-corrected chi connectivity index (χ0v) is 12.3. The standard InChI is InChI=1S/C14H13N5O2S/c15-16-12(20)9-22-14-18-17-13(11-7-4-8-21-11)19(14)10-5-2-1-3-6-10/h1-8H,9,15H2,(H,16,20). The average molecular weight is 315 g/mol. The summed E-state index contributed by atoms with van der Waals surface area (Å²) in [6, 6.07) is 13.2. The Morgan fingerprint density at radius 1 is 1.23 bits per heavy atom. The summed E-state index contributed by atoms with van der Waals surface area (Å²) in [4.78, 5) is 11.3. The number of amides is 1. The van der Waals surface area contributed by atoms with E-state index < -0.39 is 0 Å². The van der Waals surface area contributed by atoms with Crippen molar-refractivity contribution < 1.29 is 9.21 Å². The maximum Gasteiger partial charge on any atom is 0.244 e. The number of para-hydroxylation sites is 1. The molecule has 0 aliphatic carbocycles. The Hall–Kier alpha value is -2.58. The van der Waals surface area contributed by atoms with Gasteiger partial charge in [-0.05, 0) is 24.3 Å². The van der Waals surface area contributed by atoms with Gasteiger partial charge in [-0.25, -0.2) is 5.84 Å². The molecule has 0 unspecified atom stereocenters. The van der Waals surface area contributed by atoms with E-state index in [2.05, 4.69) is 15.6 Å². The molecule has 0 atom stereocenters. The number of nitrogens with two attached hydrogens (primary N) is 1. The van der Waals surface area contributed by atoms with Gasteiger partial charge >= 0.3 is 0 Å². The third kappa shape index (κ3) is 2.87. The molecule has 0 spiro atoms. The summed E-state index contributed by atoms with van der Waals surface area (Å²) in [5.41, 5.74) is 2.98. The second-order valence-corrected chi connectivity index (χ2v) is 5.25. The van der Waals surface area contributed by atoms with Crippen LogP contribution < -0.4 is 11.3 Å². The van der Waals surface area contributed by atoms with Gasteiger partial charge in [-0.1, -0.05) is 30.0 Å². The van der Waals surface area contributed by atoms with Gasteiger partial charge < -0.3 is 4.42 Å². The third-order valence-electron chi connectivity index (χ3n) is 2.88. The molecule has 0 aliphatic heterocycles. The van der Waals surface area contributed by atoms with E-state index in [-0.39, 0.29) is 11.7 Å². The lowest BCUT2D eigenvalue weighted by Crippen LogP contribution is -2.31. The summed E-state index contributed by atoms with van der Waals surface area (Å²) in [6.07, 6.45) is 1.58. The van der Waals surface area contributed by atoms with Crippen LogP contribution in [0, 0.1) is 0 Å². The Morgan fingerprint density at radius 2 is 2.05 bits per heavy atom. The van der Waals surface area contributed by atoms with Crippen molar-refractivity contribution in [3.8, 4) is 17.3 Å². The van der Waals surface area contributed by atoms with E-state index in [1.165, 1.54) is 11.8 Å². The highest BCUT2D eigenvalue weighted by atomic mass is 32.2. The van der Waals surface area contributed by atoms with Crippen LogP contribution in [-0.4, -0.2) is 26.4 Å². The molecule has 0 aliphatic rings. The quantitative estimate of drug-likeness (QED) is 0.321. The van der Waals surface area contributed by atoms with Crippen LogP contribution in [0.3, 0.4) is 0 Å². The van der Waals surface area contributed by atoms with E-state index in [4.69, 9.17) is 10.3 Å². The summed E-state index contributed by atoms with van der Waals surface area (Å²) < 4.78 is 7.25. The summed E-state index contributed by atoms with van der Waals surface area (Å²) in [6.45, 7) is 0. The molecule has 0 fully saturated rings.